The molecule has 0 amide bonds. The maximum Gasteiger partial charge on any atom is 0.167 e. The minimum atomic E-state index is -0.425. The number of halogens is 1. The van der Waals surface area contributed by atoms with Crippen molar-refractivity contribution < 1.29 is 13.9 Å². The Balaban J connectivity index is 2.00. The number of nitrogens with two attached hydrogens (primary N) is 1. The molecule has 1 aromatic carbocycles. The molecule has 0 bridgehead atoms. The summed E-state index contributed by atoms with van der Waals surface area (Å²) in [6.07, 6.45) is 2.24. The highest BCUT2D eigenvalue weighted by Gasteiger charge is 2.15. The fourth-order valence-electron chi connectivity index (χ4n) is 2.21. The third-order valence-corrected chi connectivity index (χ3v) is 3.24. The SMILES string of the molecule is CCOc1cc(NCC2CCCOC2)c(N)cc1F. The average Bonchev–Trinajstić information content (AvgIpc) is 2.42. The number of ether oxygens (including phenoxy) is 2. The lowest BCUT2D eigenvalue weighted by Gasteiger charge is -2.23. The monoisotopic (exact) mass is 268 g/mol. The fraction of sp³-hybridized carbons (Fsp3) is 0.571. The van der Waals surface area contributed by atoms with E-state index in [0.717, 1.165) is 38.3 Å². The van der Waals surface area contributed by atoms with Gasteiger partial charge in [0.05, 0.1) is 24.6 Å². The Labute approximate surface area is 113 Å². The van der Waals surface area contributed by atoms with Crippen LogP contribution in [0, 0.1) is 11.7 Å². The normalized spacial score (nSPS) is 19.2. The van der Waals surface area contributed by atoms with Crippen molar-refractivity contribution in [2.75, 3.05) is 37.4 Å². The predicted molar refractivity (Wildman–Crippen MR) is 74.0 cm³/mol. The van der Waals surface area contributed by atoms with Gasteiger partial charge in [-0.2, -0.15) is 0 Å². The quantitative estimate of drug-likeness (QED) is 0.806. The Kier molecular flexibility index (Phi) is 4.85. The van der Waals surface area contributed by atoms with E-state index in [1.54, 1.807) is 6.07 Å². The van der Waals surface area contributed by atoms with E-state index >= 15 is 0 Å². The second-order valence-corrected chi connectivity index (χ2v) is 4.77. The van der Waals surface area contributed by atoms with Crippen molar-refractivity contribution >= 4 is 11.4 Å². The van der Waals surface area contributed by atoms with E-state index < -0.39 is 5.82 Å². The van der Waals surface area contributed by atoms with Crippen LogP contribution in [-0.2, 0) is 4.74 Å². The molecule has 19 heavy (non-hydrogen) atoms. The molecule has 106 valence electrons. The van der Waals surface area contributed by atoms with Crippen LogP contribution in [0.5, 0.6) is 5.75 Å². The lowest BCUT2D eigenvalue weighted by atomic mass is 10.0. The molecule has 1 aliphatic rings. The molecule has 1 atom stereocenters. The predicted octanol–water partition coefficient (Wildman–Crippen LogP) is 2.65. The van der Waals surface area contributed by atoms with Crippen LogP contribution in [-0.4, -0.2) is 26.4 Å². The van der Waals surface area contributed by atoms with Crippen LogP contribution in [0.25, 0.3) is 0 Å². The first-order valence-corrected chi connectivity index (χ1v) is 6.74. The summed E-state index contributed by atoms with van der Waals surface area (Å²) in [5, 5.41) is 3.26. The molecule has 5 heteroatoms. The smallest absolute Gasteiger partial charge is 0.167 e. The number of anilines is 2. The van der Waals surface area contributed by atoms with E-state index in [4.69, 9.17) is 15.2 Å². The van der Waals surface area contributed by atoms with Gasteiger partial charge >= 0.3 is 0 Å². The maximum absolute atomic E-state index is 13.6. The Morgan fingerprint density at radius 1 is 1.53 bits per heavy atom. The minimum Gasteiger partial charge on any atom is -0.491 e. The summed E-state index contributed by atoms with van der Waals surface area (Å²) in [4.78, 5) is 0. The van der Waals surface area contributed by atoms with E-state index in [-0.39, 0.29) is 5.75 Å². The van der Waals surface area contributed by atoms with Crippen molar-refractivity contribution in [2.24, 2.45) is 5.92 Å². The van der Waals surface area contributed by atoms with E-state index in [0.29, 0.717) is 18.2 Å². The number of hydrogen-bond donors (Lipinski definition) is 2. The van der Waals surface area contributed by atoms with E-state index in [2.05, 4.69) is 5.32 Å². The third kappa shape index (κ3) is 3.73. The van der Waals surface area contributed by atoms with Crippen molar-refractivity contribution in [2.45, 2.75) is 19.8 Å². The first-order valence-electron chi connectivity index (χ1n) is 6.74. The molecule has 1 aromatic rings. The van der Waals surface area contributed by atoms with Gasteiger partial charge in [0.2, 0.25) is 0 Å². The van der Waals surface area contributed by atoms with Crippen LogP contribution in [0.3, 0.4) is 0 Å². The van der Waals surface area contributed by atoms with Crippen LogP contribution in [0.4, 0.5) is 15.8 Å². The average molecular weight is 268 g/mol. The first kappa shape index (κ1) is 13.9. The van der Waals surface area contributed by atoms with Gasteiger partial charge in [-0.05, 0) is 25.7 Å². The van der Waals surface area contributed by atoms with Gasteiger partial charge in [-0.1, -0.05) is 0 Å². The zero-order chi connectivity index (χ0) is 13.7. The van der Waals surface area contributed by atoms with Gasteiger partial charge in [-0.25, -0.2) is 4.39 Å². The van der Waals surface area contributed by atoms with E-state index in [1.807, 2.05) is 6.92 Å². The summed E-state index contributed by atoms with van der Waals surface area (Å²) in [6, 6.07) is 2.92. The van der Waals surface area contributed by atoms with Crippen LogP contribution in [0.1, 0.15) is 19.8 Å². The number of hydrogen-bond acceptors (Lipinski definition) is 4. The third-order valence-electron chi connectivity index (χ3n) is 3.24. The van der Waals surface area contributed by atoms with Gasteiger partial charge < -0.3 is 20.5 Å². The van der Waals surface area contributed by atoms with E-state index in [9.17, 15) is 4.39 Å². The van der Waals surface area contributed by atoms with Gasteiger partial charge in [-0.15, -0.1) is 0 Å². The molecule has 0 saturated carbocycles. The highest BCUT2D eigenvalue weighted by molar-refractivity contribution is 5.68. The van der Waals surface area contributed by atoms with Gasteiger partial charge in [0.25, 0.3) is 0 Å². The van der Waals surface area contributed by atoms with Gasteiger partial charge in [0, 0.05) is 25.3 Å². The molecule has 1 aliphatic heterocycles. The topological polar surface area (TPSA) is 56.5 Å². The fourth-order valence-corrected chi connectivity index (χ4v) is 2.21. The Hall–Kier alpha value is -1.49. The van der Waals surface area contributed by atoms with Crippen LogP contribution in [0.15, 0.2) is 12.1 Å². The second-order valence-electron chi connectivity index (χ2n) is 4.77. The maximum atomic E-state index is 13.6. The first-order chi connectivity index (χ1) is 9.20. The van der Waals surface area contributed by atoms with Gasteiger partial charge in [0.1, 0.15) is 0 Å². The highest BCUT2D eigenvalue weighted by atomic mass is 19.1. The van der Waals surface area contributed by atoms with Crippen molar-refractivity contribution in [3.63, 3.8) is 0 Å². The largest absolute Gasteiger partial charge is 0.491 e. The summed E-state index contributed by atoms with van der Waals surface area (Å²) in [6.45, 7) is 4.65. The molecule has 3 N–H and O–H groups in total. The van der Waals surface area contributed by atoms with Crippen molar-refractivity contribution in [1.29, 1.82) is 0 Å². The molecule has 0 spiro atoms. The molecule has 0 aromatic heterocycles. The summed E-state index contributed by atoms with van der Waals surface area (Å²) >= 11 is 0. The minimum absolute atomic E-state index is 0.235. The molecule has 0 aliphatic carbocycles. The number of benzene rings is 1. The molecule has 1 unspecified atom stereocenters. The molecular weight excluding hydrogens is 247 g/mol. The van der Waals surface area contributed by atoms with E-state index in [1.165, 1.54) is 6.07 Å². The van der Waals surface area contributed by atoms with Crippen molar-refractivity contribution in [1.82, 2.24) is 0 Å². The number of nitrogens with one attached hydrogen (secondary N) is 1. The van der Waals surface area contributed by atoms with Gasteiger partial charge in [0.15, 0.2) is 11.6 Å². The summed E-state index contributed by atoms with van der Waals surface area (Å²) in [5.74, 6) is 0.291. The second kappa shape index (κ2) is 6.61. The zero-order valence-electron chi connectivity index (χ0n) is 11.2. The zero-order valence-corrected chi connectivity index (χ0v) is 11.2. The van der Waals surface area contributed by atoms with Crippen molar-refractivity contribution in [3.8, 4) is 5.75 Å². The molecule has 2 rings (SSSR count). The molecular formula is C14H21FN2O2. The van der Waals surface area contributed by atoms with Gasteiger partial charge in [-0.3, -0.25) is 0 Å². The summed E-state index contributed by atoms with van der Waals surface area (Å²) in [7, 11) is 0. The van der Waals surface area contributed by atoms with Crippen LogP contribution < -0.4 is 15.8 Å². The Morgan fingerprint density at radius 2 is 2.37 bits per heavy atom. The number of rotatable bonds is 5. The highest BCUT2D eigenvalue weighted by Crippen LogP contribution is 2.28. The van der Waals surface area contributed by atoms with Crippen molar-refractivity contribution in [3.05, 3.63) is 17.9 Å². The lowest BCUT2D eigenvalue weighted by Crippen LogP contribution is -2.24. The Morgan fingerprint density at radius 3 is 3.05 bits per heavy atom. The van der Waals surface area contributed by atoms with Crippen LogP contribution >= 0.6 is 0 Å². The Bertz CT molecular complexity index is 420. The molecule has 1 saturated heterocycles. The summed E-state index contributed by atoms with van der Waals surface area (Å²) in [5.41, 5.74) is 6.93. The molecule has 4 nitrogen and oxygen atoms in total. The molecule has 1 heterocycles. The number of nitrogen functional groups attached to an aromatic ring is 1. The standard InChI is InChI=1S/C14H21FN2O2/c1-2-19-14-7-13(12(16)6-11(14)15)17-8-10-4-3-5-18-9-10/h6-7,10,17H,2-5,8-9,16H2,1H3. The lowest BCUT2D eigenvalue weighted by molar-refractivity contribution is 0.0595. The molecule has 1 fully saturated rings. The molecule has 0 radical (unpaired) electrons. The summed E-state index contributed by atoms with van der Waals surface area (Å²) < 4.78 is 24.2. The van der Waals surface area contributed by atoms with Crippen LogP contribution in [0.2, 0.25) is 0 Å².